The Balaban J connectivity index is 2.04. The van der Waals surface area contributed by atoms with Gasteiger partial charge in [-0.15, -0.1) is 0 Å². The minimum Gasteiger partial charge on any atom is -0.467 e. The highest BCUT2D eigenvalue weighted by Gasteiger charge is 2.51. The van der Waals surface area contributed by atoms with Crippen LogP contribution in [0.5, 0.6) is 0 Å². The van der Waals surface area contributed by atoms with Gasteiger partial charge in [0.15, 0.2) is 0 Å². The standard InChI is InChI=1S/C12H19BO3/c1-9-6-7-10(14-9)8-13-15-11(2,3)12(4,5)16-13/h6-7H,8H2,1-5H3. The molecular formula is C12H19BO3. The normalized spacial score (nSPS) is 22.7. The number of aryl methyl sites for hydroxylation is 1. The van der Waals surface area contributed by atoms with Gasteiger partial charge < -0.3 is 13.7 Å². The lowest BCUT2D eigenvalue weighted by Gasteiger charge is -2.32. The Morgan fingerprint density at radius 2 is 1.62 bits per heavy atom. The van der Waals surface area contributed by atoms with E-state index in [9.17, 15) is 0 Å². The minimum absolute atomic E-state index is 0.212. The molecule has 0 aliphatic carbocycles. The van der Waals surface area contributed by atoms with Crippen molar-refractivity contribution in [3.05, 3.63) is 23.7 Å². The van der Waals surface area contributed by atoms with E-state index in [0.29, 0.717) is 6.32 Å². The van der Waals surface area contributed by atoms with E-state index in [1.165, 1.54) is 0 Å². The SMILES string of the molecule is Cc1ccc(CB2OC(C)(C)C(C)(C)O2)o1. The van der Waals surface area contributed by atoms with Gasteiger partial charge in [-0.1, -0.05) is 0 Å². The molecule has 0 N–H and O–H groups in total. The van der Waals surface area contributed by atoms with Gasteiger partial charge in [0.1, 0.15) is 11.5 Å². The first-order valence-corrected chi connectivity index (χ1v) is 5.71. The molecule has 0 spiro atoms. The molecule has 1 fully saturated rings. The second-order valence-electron chi connectivity index (χ2n) is 5.40. The highest BCUT2D eigenvalue weighted by Crippen LogP contribution is 2.37. The summed E-state index contributed by atoms with van der Waals surface area (Å²) in [5.74, 6) is 1.84. The molecule has 88 valence electrons. The van der Waals surface area contributed by atoms with Gasteiger partial charge in [-0.2, -0.15) is 0 Å². The molecule has 1 aromatic rings. The Labute approximate surface area is 97.3 Å². The van der Waals surface area contributed by atoms with E-state index >= 15 is 0 Å². The van der Waals surface area contributed by atoms with Crippen molar-refractivity contribution in [3.8, 4) is 0 Å². The van der Waals surface area contributed by atoms with Crippen molar-refractivity contribution in [2.24, 2.45) is 0 Å². The number of hydrogen-bond donors (Lipinski definition) is 0. The van der Waals surface area contributed by atoms with Crippen molar-refractivity contribution < 1.29 is 13.7 Å². The van der Waals surface area contributed by atoms with Crippen molar-refractivity contribution in [2.75, 3.05) is 0 Å². The first-order chi connectivity index (χ1) is 7.30. The van der Waals surface area contributed by atoms with Crippen LogP contribution in [0.3, 0.4) is 0 Å². The summed E-state index contributed by atoms with van der Waals surface area (Å²) in [6, 6.07) is 3.93. The third-order valence-electron chi connectivity index (χ3n) is 3.47. The fraction of sp³-hybridized carbons (Fsp3) is 0.667. The quantitative estimate of drug-likeness (QED) is 0.721. The molecule has 4 heteroatoms. The molecule has 0 unspecified atom stereocenters. The van der Waals surface area contributed by atoms with Crippen LogP contribution in [0.1, 0.15) is 39.2 Å². The van der Waals surface area contributed by atoms with E-state index in [2.05, 4.69) is 27.7 Å². The molecule has 0 bridgehead atoms. The third-order valence-corrected chi connectivity index (χ3v) is 3.47. The Kier molecular flexibility index (Phi) is 2.67. The van der Waals surface area contributed by atoms with E-state index in [4.69, 9.17) is 13.7 Å². The van der Waals surface area contributed by atoms with Gasteiger partial charge in [0.05, 0.1) is 11.2 Å². The van der Waals surface area contributed by atoms with Crippen LogP contribution in [0.15, 0.2) is 16.5 Å². The average Bonchev–Trinajstić information content (AvgIpc) is 2.56. The van der Waals surface area contributed by atoms with E-state index in [-0.39, 0.29) is 18.3 Å². The lowest BCUT2D eigenvalue weighted by atomic mass is 9.84. The Morgan fingerprint density at radius 1 is 1.06 bits per heavy atom. The summed E-state index contributed by atoms with van der Waals surface area (Å²) in [4.78, 5) is 0. The Morgan fingerprint density at radius 3 is 2.06 bits per heavy atom. The first-order valence-electron chi connectivity index (χ1n) is 5.71. The van der Waals surface area contributed by atoms with Crippen molar-refractivity contribution >= 4 is 7.12 Å². The number of hydrogen-bond acceptors (Lipinski definition) is 3. The largest absolute Gasteiger partial charge is 0.467 e. The zero-order valence-electron chi connectivity index (χ0n) is 10.7. The van der Waals surface area contributed by atoms with Gasteiger partial charge in [0.25, 0.3) is 0 Å². The lowest BCUT2D eigenvalue weighted by Crippen LogP contribution is -2.41. The smallest absolute Gasteiger partial charge is 0.465 e. The van der Waals surface area contributed by atoms with E-state index < -0.39 is 0 Å². The average molecular weight is 222 g/mol. The summed E-state index contributed by atoms with van der Waals surface area (Å²) in [6.07, 6.45) is 0.667. The van der Waals surface area contributed by atoms with Crippen LogP contribution >= 0.6 is 0 Å². The molecule has 1 aliphatic heterocycles. The maximum absolute atomic E-state index is 5.90. The summed E-state index contributed by atoms with van der Waals surface area (Å²) < 4.78 is 17.3. The molecule has 3 nitrogen and oxygen atoms in total. The molecule has 2 heterocycles. The highest BCUT2D eigenvalue weighted by atomic mass is 16.7. The predicted octanol–water partition coefficient (Wildman–Crippen LogP) is 2.76. The van der Waals surface area contributed by atoms with Crippen LogP contribution in [-0.2, 0) is 15.6 Å². The van der Waals surface area contributed by atoms with Crippen LogP contribution in [0.4, 0.5) is 0 Å². The first kappa shape index (κ1) is 11.7. The molecule has 1 saturated heterocycles. The molecule has 0 saturated carbocycles. The van der Waals surface area contributed by atoms with E-state index in [1.54, 1.807) is 0 Å². The third kappa shape index (κ3) is 2.04. The van der Waals surface area contributed by atoms with Crippen molar-refractivity contribution in [1.29, 1.82) is 0 Å². The minimum atomic E-state index is -0.265. The summed E-state index contributed by atoms with van der Waals surface area (Å²) in [6.45, 7) is 10.2. The molecular weight excluding hydrogens is 203 g/mol. The van der Waals surface area contributed by atoms with Gasteiger partial charge in [0, 0.05) is 6.32 Å². The second-order valence-corrected chi connectivity index (χ2v) is 5.40. The molecule has 1 aromatic heterocycles. The van der Waals surface area contributed by atoms with E-state index in [1.807, 2.05) is 19.1 Å². The van der Waals surface area contributed by atoms with Gasteiger partial charge in [0.2, 0.25) is 0 Å². The highest BCUT2D eigenvalue weighted by molar-refractivity contribution is 6.44. The van der Waals surface area contributed by atoms with Crippen molar-refractivity contribution in [1.82, 2.24) is 0 Å². The van der Waals surface area contributed by atoms with Gasteiger partial charge in [-0.3, -0.25) is 0 Å². The fourth-order valence-corrected chi connectivity index (χ4v) is 1.81. The molecule has 0 amide bonds. The van der Waals surface area contributed by atoms with Crippen LogP contribution < -0.4 is 0 Å². The summed E-state index contributed by atoms with van der Waals surface area (Å²) in [5.41, 5.74) is -0.529. The van der Waals surface area contributed by atoms with E-state index in [0.717, 1.165) is 11.5 Å². The summed E-state index contributed by atoms with van der Waals surface area (Å²) >= 11 is 0. The van der Waals surface area contributed by atoms with Crippen molar-refractivity contribution in [2.45, 2.75) is 52.1 Å². The maximum Gasteiger partial charge on any atom is 0.465 e. The maximum atomic E-state index is 5.90. The molecule has 0 radical (unpaired) electrons. The van der Waals surface area contributed by atoms with Crippen LogP contribution in [-0.4, -0.2) is 18.3 Å². The predicted molar refractivity (Wildman–Crippen MR) is 63.2 cm³/mol. The molecule has 2 rings (SSSR count). The summed E-state index contributed by atoms with van der Waals surface area (Å²) in [5, 5.41) is 0. The number of rotatable bonds is 2. The van der Waals surface area contributed by atoms with Crippen LogP contribution in [0.25, 0.3) is 0 Å². The van der Waals surface area contributed by atoms with Gasteiger partial charge in [-0.25, -0.2) is 0 Å². The zero-order valence-corrected chi connectivity index (χ0v) is 10.7. The lowest BCUT2D eigenvalue weighted by molar-refractivity contribution is 0.00578. The molecule has 16 heavy (non-hydrogen) atoms. The number of furan rings is 1. The van der Waals surface area contributed by atoms with Gasteiger partial charge >= 0.3 is 7.12 Å². The zero-order chi connectivity index (χ0) is 12.0. The van der Waals surface area contributed by atoms with Gasteiger partial charge in [-0.05, 0) is 46.8 Å². The fourth-order valence-electron chi connectivity index (χ4n) is 1.81. The van der Waals surface area contributed by atoms with Crippen molar-refractivity contribution in [3.63, 3.8) is 0 Å². The van der Waals surface area contributed by atoms with Crippen LogP contribution in [0.2, 0.25) is 0 Å². The molecule has 1 aliphatic rings. The Bertz CT molecular complexity index is 365. The summed E-state index contributed by atoms with van der Waals surface area (Å²) in [7, 11) is -0.212. The molecule has 0 atom stereocenters. The topological polar surface area (TPSA) is 31.6 Å². The Hall–Kier alpha value is -0.735. The second kappa shape index (κ2) is 3.64. The molecule has 0 aromatic carbocycles. The monoisotopic (exact) mass is 222 g/mol. The van der Waals surface area contributed by atoms with Crippen LogP contribution in [0, 0.1) is 6.92 Å².